The maximum Gasteiger partial charge on any atom is 0.269 e. The Labute approximate surface area is 107 Å². The average molecular weight is 249 g/mol. The third-order valence-electron chi connectivity index (χ3n) is 3.29. The van der Waals surface area contributed by atoms with E-state index >= 15 is 0 Å². The molecule has 2 rings (SSSR count). The molecule has 1 heterocycles. The molecule has 5 nitrogen and oxygen atoms in total. The number of hydrogen-bond acceptors (Lipinski definition) is 4. The summed E-state index contributed by atoms with van der Waals surface area (Å²) in [7, 11) is 0. The minimum atomic E-state index is -0.348. The Morgan fingerprint density at radius 2 is 2.28 bits per heavy atom. The van der Waals surface area contributed by atoms with Crippen LogP contribution in [0.1, 0.15) is 24.8 Å². The molecular formula is C13H19N3O2. The van der Waals surface area contributed by atoms with Crippen molar-refractivity contribution in [3.63, 3.8) is 0 Å². The number of nitrogens with one attached hydrogen (secondary N) is 2. The second kappa shape index (κ2) is 6.47. The lowest BCUT2D eigenvalue weighted by atomic mass is 10.1. The largest absolute Gasteiger partial charge is 0.317 e. The first-order chi connectivity index (χ1) is 8.75. The topological polar surface area (TPSA) is 67.2 Å². The van der Waals surface area contributed by atoms with E-state index in [0.717, 1.165) is 25.1 Å². The Morgan fingerprint density at radius 3 is 3.11 bits per heavy atom. The number of benzene rings is 1. The molecular weight excluding hydrogens is 230 g/mol. The Morgan fingerprint density at radius 1 is 1.39 bits per heavy atom. The van der Waals surface area contributed by atoms with Crippen molar-refractivity contribution in [3.05, 3.63) is 39.9 Å². The summed E-state index contributed by atoms with van der Waals surface area (Å²) in [6, 6.07) is 7.35. The summed E-state index contributed by atoms with van der Waals surface area (Å²) >= 11 is 0. The van der Waals surface area contributed by atoms with Gasteiger partial charge in [-0.15, -0.1) is 0 Å². The van der Waals surface area contributed by atoms with Gasteiger partial charge in [-0.05, 0) is 37.9 Å². The first-order valence-electron chi connectivity index (χ1n) is 6.43. The van der Waals surface area contributed by atoms with Crippen molar-refractivity contribution >= 4 is 5.69 Å². The monoisotopic (exact) mass is 249 g/mol. The Hall–Kier alpha value is -1.46. The minimum Gasteiger partial charge on any atom is -0.317 e. The van der Waals surface area contributed by atoms with E-state index in [1.54, 1.807) is 12.1 Å². The van der Waals surface area contributed by atoms with Gasteiger partial charge in [0.15, 0.2) is 0 Å². The zero-order chi connectivity index (χ0) is 12.8. The van der Waals surface area contributed by atoms with Crippen molar-refractivity contribution in [3.8, 4) is 0 Å². The fourth-order valence-electron chi connectivity index (χ4n) is 2.27. The van der Waals surface area contributed by atoms with Crippen molar-refractivity contribution < 1.29 is 4.92 Å². The van der Waals surface area contributed by atoms with Gasteiger partial charge in [0.2, 0.25) is 0 Å². The molecule has 0 aromatic heterocycles. The predicted molar refractivity (Wildman–Crippen MR) is 70.4 cm³/mol. The highest BCUT2D eigenvalue weighted by molar-refractivity contribution is 5.34. The SMILES string of the molecule is O=[N+]([O-])c1cccc(CNC2CCCNCC2)c1. The molecule has 0 radical (unpaired) electrons. The summed E-state index contributed by atoms with van der Waals surface area (Å²) in [6.07, 6.45) is 3.48. The van der Waals surface area contributed by atoms with Crippen LogP contribution >= 0.6 is 0 Å². The second-order valence-electron chi connectivity index (χ2n) is 4.69. The van der Waals surface area contributed by atoms with E-state index in [0.29, 0.717) is 12.6 Å². The zero-order valence-corrected chi connectivity index (χ0v) is 10.4. The number of non-ortho nitro benzene ring substituents is 1. The van der Waals surface area contributed by atoms with Gasteiger partial charge in [0.25, 0.3) is 5.69 Å². The summed E-state index contributed by atoms with van der Waals surface area (Å²) in [4.78, 5) is 10.3. The fourth-order valence-corrected chi connectivity index (χ4v) is 2.27. The van der Waals surface area contributed by atoms with Crippen molar-refractivity contribution in [1.82, 2.24) is 10.6 Å². The van der Waals surface area contributed by atoms with Crippen LogP contribution in [0.15, 0.2) is 24.3 Å². The van der Waals surface area contributed by atoms with Crippen molar-refractivity contribution in [1.29, 1.82) is 0 Å². The smallest absolute Gasteiger partial charge is 0.269 e. The number of rotatable bonds is 4. The van der Waals surface area contributed by atoms with Crippen molar-refractivity contribution in [2.75, 3.05) is 13.1 Å². The molecule has 0 amide bonds. The van der Waals surface area contributed by atoms with Crippen LogP contribution in [0.5, 0.6) is 0 Å². The number of hydrogen-bond donors (Lipinski definition) is 2. The Bertz CT molecular complexity index is 401. The van der Waals surface area contributed by atoms with E-state index in [2.05, 4.69) is 10.6 Å². The first kappa shape index (κ1) is 13.0. The third-order valence-corrected chi connectivity index (χ3v) is 3.29. The Balaban J connectivity index is 1.88. The van der Waals surface area contributed by atoms with Crippen molar-refractivity contribution in [2.24, 2.45) is 0 Å². The molecule has 0 saturated carbocycles. The Kier molecular flexibility index (Phi) is 4.66. The van der Waals surface area contributed by atoms with Gasteiger partial charge < -0.3 is 10.6 Å². The maximum absolute atomic E-state index is 10.7. The van der Waals surface area contributed by atoms with E-state index in [1.165, 1.54) is 18.9 Å². The lowest BCUT2D eigenvalue weighted by Gasteiger charge is -2.15. The summed E-state index contributed by atoms with van der Waals surface area (Å²) < 4.78 is 0. The molecule has 5 heteroatoms. The molecule has 18 heavy (non-hydrogen) atoms. The van der Waals surface area contributed by atoms with Crippen LogP contribution in [0.3, 0.4) is 0 Å². The van der Waals surface area contributed by atoms with Gasteiger partial charge >= 0.3 is 0 Å². The highest BCUT2D eigenvalue weighted by Gasteiger charge is 2.11. The molecule has 0 bridgehead atoms. The zero-order valence-electron chi connectivity index (χ0n) is 10.4. The summed E-state index contributed by atoms with van der Waals surface area (Å²) in [5, 5.41) is 17.5. The number of nitro benzene ring substituents is 1. The van der Waals surface area contributed by atoms with Gasteiger partial charge in [0.1, 0.15) is 0 Å². The van der Waals surface area contributed by atoms with Crippen LogP contribution in [0.25, 0.3) is 0 Å². The minimum absolute atomic E-state index is 0.164. The van der Waals surface area contributed by atoms with E-state index in [-0.39, 0.29) is 10.6 Å². The molecule has 1 atom stereocenters. The number of nitrogens with zero attached hydrogens (tertiary/aromatic N) is 1. The van der Waals surface area contributed by atoms with Crippen LogP contribution in [0, 0.1) is 10.1 Å². The molecule has 1 aliphatic rings. The molecule has 1 aromatic rings. The highest BCUT2D eigenvalue weighted by atomic mass is 16.6. The molecule has 98 valence electrons. The normalized spacial score (nSPS) is 20.3. The van der Waals surface area contributed by atoms with E-state index in [9.17, 15) is 10.1 Å². The molecule has 2 N–H and O–H groups in total. The standard InChI is InChI=1S/C13H19N3O2/c17-16(18)13-5-1-3-11(9-13)10-15-12-4-2-7-14-8-6-12/h1,3,5,9,12,14-15H,2,4,6-8,10H2. The second-order valence-corrected chi connectivity index (χ2v) is 4.69. The molecule has 1 aliphatic heterocycles. The van der Waals surface area contributed by atoms with Gasteiger partial charge in [-0.25, -0.2) is 0 Å². The van der Waals surface area contributed by atoms with Gasteiger partial charge in [0.05, 0.1) is 4.92 Å². The summed E-state index contributed by atoms with van der Waals surface area (Å²) in [5.74, 6) is 0. The molecule has 0 spiro atoms. The average Bonchev–Trinajstić information content (AvgIpc) is 2.65. The van der Waals surface area contributed by atoms with Crippen LogP contribution in [0.4, 0.5) is 5.69 Å². The first-order valence-corrected chi connectivity index (χ1v) is 6.43. The fraction of sp³-hybridized carbons (Fsp3) is 0.538. The van der Waals surface area contributed by atoms with Gasteiger partial charge in [-0.3, -0.25) is 10.1 Å². The summed E-state index contributed by atoms with van der Waals surface area (Å²) in [6.45, 7) is 2.84. The highest BCUT2D eigenvalue weighted by Crippen LogP contribution is 2.13. The van der Waals surface area contributed by atoms with Crippen LogP contribution in [0.2, 0.25) is 0 Å². The van der Waals surface area contributed by atoms with Gasteiger partial charge in [-0.1, -0.05) is 12.1 Å². The molecule has 1 aromatic carbocycles. The summed E-state index contributed by atoms with van der Waals surface area (Å²) in [5.41, 5.74) is 1.14. The lowest BCUT2D eigenvalue weighted by Crippen LogP contribution is -2.29. The quantitative estimate of drug-likeness (QED) is 0.631. The number of nitro groups is 1. The molecule has 1 fully saturated rings. The molecule has 1 unspecified atom stereocenters. The van der Waals surface area contributed by atoms with Gasteiger partial charge in [-0.2, -0.15) is 0 Å². The van der Waals surface area contributed by atoms with E-state index in [1.807, 2.05) is 6.07 Å². The third kappa shape index (κ3) is 3.78. The predicted octanol–water partition coefficient (Wildman–Crippen LogP) is 1.83. The van der Waals surface area contributed by atoms with E-state index < -0.39 is 0 Å². The molecule has 0 aliphatic carbocycles. The van der Waals surface area contributed by atoms with E-state index in [4.69, 9.17) is 0 Å². The van der Waals surface area contributed by atoms with Gasteiger partial charge in [0, 0.05) is 24.7 Å². The van der Waals surface area contributed by atoms with Crippen LogP contribution in [-0.2, 0) is 6.54 Å². The van der Waals surface area contributed by atoms with Crippen LogP contribution < -0.4 is 10.6 Å². The lowest BCUT2D eigenvalue weighted by molar-refractivity contribution is -0.384. The maximum atomic E-state index is 10.7. The molecule has 1 saturated heterocycles. The van der Waals surface area contributed by atoms with Crippen LogP contribution in [-0.4, -0.2) is 24.1 Å². The van der Waals surface area contributed by atoms with Crippen molar-refractivity contribution in [2.45, 2.75) is 31.8 Å².